The molecule has 0 saturated heterocycles. The number of aromatic carboxylic acids is 1. The third-order valence-electron chi connectivity index (χ3n) is 3.61. The Bertz CT molecular complexity index is 735. The zero-order valence-corrected chi connectivity index (χ0v) is 13.0. The highest BCUT2D eigenvalue weighted by Gasteiger charge is 2.20. The fraction of sp³-hybridized carbons (Fsp3) is 0.312. The zero-order valence-electron chi connectivity index (χ0n) is 13.0. The number of anilines is 1. The van der Waals surface area contributed by atoms with Crippen LogP contribution in [0, 0.1) is 25.6 Å². The molecule has 2 rings (SSSR count). The molecule has 1 heterocycles. The van der Waals surface area contributed by atoms with Gasteiger partial charge in [0.05, 0.1) is 16.9 Å². The van der Waals surface area contributed by atoms with Crippen molar-refractivity contribution >= 4 is 17.6 Å². The largest absolute Gasteiger partial charge is 0.478 e. The van der Waals surface area contributed by atoms with E-state index in [2.05, 4.69) is 10.5 Å². The Kier molecular flexibility index (Phi) is 4.78. The van der Waals surface area contributed by atoms with Crippen LogP contribution >= 0.6 is 0 Å². The molecular formula is C16H17FN2O4. The summed E-state index contributed by atoms with van der Waals surface area (Å²) in [6.45, 7) is 5.24. The molecule has 122 valence electrons. The van der Waals surface area contributed by atoms with Crippen LogP contribution in [0.25, 0.3) is 0 Å². The molecule has 0 saturated carbocycles. The summed E-state index contributed by atoms with van der Waals surface area (Å²) in [6.07, 6.45) is 0.396. The summed E-state index contributed by atoms with van der Waals surface area (Å²) >= 11 is 0. The van der Waals surface area contributed by atoms with Crippen LogP contribution in [-0.2, 0) is 11.2 Å². The summed E-state index contributed by atoms with van der Waals surface area (Å²) in [5.74, 6) is -2.11. The molecule has 1 unspecified atom stereocenters. The number of carbonyl (C=O) groups excluding carboxylic acids is 1. The Balaban J connectivity index is 2.12. The molecule has 0 radical (unpaired) electrons. The molecule has 7 heteroatoms. The van der Waals surface area contributed by atoms with Crippen molar-refractivity contribution in [2.24, 2.45) is 5.92 Å². The number of amides is 1. The van der Waals surface area contributed by atoms with Gasteiger partial charge in [-0.1, -0.05) is 12.1 Å². The van der Waals surface area contributed by atoms with E-state index in [0.717, 1.165) is 23.8 Å². The van der Waals surface area contributed by atoms with E-state index in [1.165, 1.54) is 0 Å². The van der Waals surface area contributed by atoms with E-state index in [0.29, 0.717) is 17.9 Å². The maximum atomic E-state index is 13.7. The summed E-state index contributed by atoms with van der Waals surface area (Å²) in [7, 11) is 0. The summed E-state index contributed by atoms with van der Waals surface area (Å²) in [4.78, 5) is 23.1. The highest BCUT2D eigenvalue weighted by atomic mass is 19.1. The van der Waals surface area contributed by atoms with Crippen molar-refractivity contribution in [1.82, 2.24) is 5.16 Å². The van der Waals surface area contributed by atoms with Crippen LogP contribution in [0.4, 0.5) is 10.1 Å². The minimum absolute atomic E-state index is 0.0972. The minimum atomic E-state index is -1.19. The Hall–Kier alpha value is -2.70. The maximum absolute atomic E-state index is 13.7. The van der Waals surface area contributed by atoms with Crippen molar-refractivity contribution in [3.05, 3.63) is 46.6 Å². The number of carboxylic acids is 1. The van der Waals surface area contributed by atoms with E-state index in [1.807, 2.05) is 0 Å². The molecule has 1 aromatic heterocycles. The summed E-state index contributed by atoms with van der Waals surface area (Å²) in [5.41, 5.74) is 1.30. The smallest absolute Gasteiger partial charge is 0.335 e. The average Bonchev–Trinajstić information content (AvgIpc) is 2.80. The number of aromatic nitrogens is 1. The highest BCUT2D eigenvalue weighted by Crippen LogP contribution is 2.20. The van der Waals surface area contributed by atoms with E-state index in [9.17, 15) is 14.0 Å². The van der Waals surface area contributed by atoms with E-state index in [4.69, 9.17) is 9.63 Å². The van der Waals surface area contributed by atoms with Crippen molar-refractivity contribution in [2.75, 3.05) is 5.32 Å². The van der Waals surface area contributed by atoms with Crippen LogP contribution in [-0.4, -0.2) is 22.1 Å². The third kappa shape index (κ3) is 3.74. The van der Waals surface area contributed by atoms with Gasteiger partial charge in [-0.3, -0.25) is 4.79 Å². The third-order valence-corrected chi connectivity index (χ3v) is 3.61. The standard InChI is InChI=1S/C16H17FN2O4/c1-8(6-12-9(2)19-23-10(12)3)15(20)18-14-7-11(16(21)22)4-5-13(14)17/h4-5,7-8H,6H2,1-3H3,(H,18,20)(H,21,22). The molecule has 23 heavy (non-hydrogen) atoms. The molecular weight excluding hydrogens is 303 g/mol. The fourth-order valence-electron chi connectivity index (χ4n) is 2.20. The molecule has 0 spiro atoms. The van der Waals surface area contributed by atoms with Gasteiger partial charge in [0.1, 0.15) is 11.6 Å². The van der Waals surface area contributed by atoms with Gasteiger partial charge in [-0.2, -0.15) is 0 Å². The van der Waals surface area contributed by atoms with Crippen LogP contribution in [0.1, 0.15) is 34.3 Å². The van der Waals surface area contributed by atoms with E-state index >= 15 is 0 Å². The lowest BCUT2D eigenvalue weighted by molar-refractivity contribution is -0.119. The summed E-state index contributed by atoms with van der Waals surface area (Å²) in [5, 5.41) is 15.2. The van der Waals surface area contributed by atoms with Gasteiger partial charge >= 0.3 is 5.97 Å². The Labute approximate surface area is 132 Å². The number of halogens is 1. The number of hydrogen-bond donors (Lipinski definition) is 2. The number of benzene rings is 1. The lowest BCUT2D eigenvalue weighted by Gasteiger charge is -2.13. The van der Waals surface area contributed by atoms with E-state index in [-0.39, 0.29) is 11.3 Å². The number of nitrogens with zero attached hydrogens (tertiary/aromatic N) is 1. The Morgan fingerprint density at radius 3 is 2.65 bits per heavy atom. The van der Waals surface area contributed by atoms with Gasteiger partial charge in [-0.15, -0.1) is 0 Å². The topological polar surface area (TPSA) is 92.4 Å². The van der Waals surface area contributed by atoms with Gasteiger partial charge in [0.15, 0.2) is 0 Å². The summed E-state index contributed by atoms with van der Waals surface area (Å²) in [6, 6.07) is 3.25. The van der Waals surface area contributed by atoms with Crippen LogP contribution in [0.2, 0.25) is 0 Å². The van der Waals surface area contributed by atoms with Crippen molar-refractivity contribution in [1.29, 1.82) is 0 Å². The van der Waals surface area contributed by atoms with Crippen LogP contribution < -0.4 is 5.32 Å². The molecule has 0 fully saturated rings. The predicted molar refractivity (Wildman–Crippen MR) is 80.8 cm³/mol. The van der Waals surface area contributed by atoms with Crippen LogP contribution in [0.15, 0.2) is 22.7 Å². The lowest BCUT2D eigenvalue weighted by Crippen LogP contribution is -2.23. The van der Waals surface area contributed by atoms with Crippen molar-refractivity contribution in [2.45, 2.75) is 27.2 Å². The number of aryl methyl sites for hydroxylation is 2. The molecule has 2 aromatic rings. The molecule has 0 bridgehead atoms. The van der Waals surface area contributed by atoms with Gasteiger partial charge in [-0.25, -0.2) is 9.18 Å². The molecule has 0 aliphatic heterocycles. The summed E-state index contributed by atoms with van der Waals surface area (Å²) < 4.78 is 18.8. The zero-order chi connectivity index (χ0) is 17.1. The van der Waals surface area contributed by atoms with Gasteiger partial charge in [0.2, 0.25) is 5.91 Å². The van der Waals surface area contributed by atoms with Crippen LogP contribution in [0.5, 0.6) is 0 Å². The highest BCUT2D eigenvalue weighted by molar-refractivity contribution is 5.95. The lowest BCUT2D eigenvalue weighted by atomic mass is 9.99. The number of rotatable bonds is 5. The molecule has 1 amide bonds. The SMILES string of the molecule is Cc1noc(C)c1CC(C)C(=O)Nc1cc(C(=O)O)ccc1F. The van der Waals surface area contributed by atoms with Crippen molar-refractivity contribution in [3.63, 3.8) is 0 Å². The first kappa shape index (κ1) is 16.7. The number of carbonyl (C=O) groups is 2. The predicted octanol–water partition coefficient (Wildman–Crippen LogP) is 2.95. The van der Waals surface area contributed by atoms with Gasteiger partial charge < -0.3 is 14.9 Å². The normalized spacial score (nSPS) is 12.0. The first-order valence-corrected chi connectivity index (χ1v) is 7.05. The average molecular weight is 320 g/mol. The molecule has 2 N–H and O–H groups in total. The van der Waals surface area contributed by atoms with Crippen LogP contribution in [0.3, 0.4) is 0 Å². The minimum Gasteiger partial charge on any atom is -0.478 e. The maximum Gasteiger partial charge on any atom is 0.335 e. The molecule has 0 aliphatic carbocycles. The van der Waals surface area contributed by atoms with E-state index in [1.54, 1.807) is 20.8 Å². The first-order valence-electron chi connectivity index (χ1n) is 7.05. The van der Waals surface area contributed by atoms with Crippen molar-refractivity contribution < 1.29 is 23.6 Å². The van der Waals surface area contributed by atoms with Crippen molar-refractivity contribution in [3.8, 4) is 0 Å². The van der Waals surface area contributed by atoms with Gasteiger partial charge in [0.25, 0.3) is 0 Å². The monoisotopic (exact) mass is 320 g/mol. The molecule has 1 atom stereocenters. The first-order chi connectivity index (χ1) is 10.8. The Morgan fingerprint density at radius 2 is 2.09 bits per heavy atom. The second-order valence-electron chi connectivity index (χ2n) is 5.40. The van der Waals surface area contributed by atoms with E-state index < -0.39 is 23.6 Å². The van der Waals surface area contributed by atoms with Gasteiger partial charge in [0, 0.05) is 11.5 Å². The van der Waals surface area contributed by atoms with Gasteiger partial charge in [-0.05, 0) is 38.5 Å². The fourth-order valence-corrected chi connectivity index (χ4v) is 2.20. The quantitative estimate of drug-likeness (QED) is 0.883. The molecule has 1 aromatic carbocycles. The molecule has 0 aliphatic rings. The second-order valence-corrected chi connectivity index (χ2v) is 5.40. The number of hydrogen-bond acceptors (Lipinski definition) is 4. The number of nitrogens with one attached hydrogen (secondary N) is 1. The second kappa shape index (κ2) is 6.60. The number of carboxylic acid groups (broad SMARTS) is 1. The molecule has 6 nitrogen and oxygen atoms in total. The Morgan fingerprint density at radius 1 is 1.39 bits per heavy atom.